The van der Waals surface area contributed by atoms with Crippen molar-refractivity contribution in [2.24, 2.45) is 0 Å². The van der Waals surface area contributed by atoms with Gasteiger partial charge in [0.2, 0.25) is 0 Å². The minimum atomic E-state index is -0.454. The molecule has 1 aromatic carbocycles. The predicted molar refractivity (Wildman–Crippen MR) is 89.9 cm³/mol. The van der Waals surface area contributed by atoms with Crippen molar-refractivity contribution in [1.82, 2.24) is 10.6 Å². The lowest BCUT2D eigenvalue weighted by Gasteiger charge is -2.09. The van der Waals surface area contributed by atoms with Gasteiger partial charge < -0.3 is 15.1 Å². The predicted octanol–water partition coefficient (Wildman–Crippen LogP) is 2.53. The Morgan fingerprint density at radius 1 is 1.09 bits per heavy atom. The summed E-state index contributed by atoms with van der Waals surface area (Å²) in [6, 6.07) is 9.81. The van der Waals surface area contributed by atoms with E-state index in [-0.39, 0.29) is 16.8 Å². The molecule has 0 saturated carbocycles. The van der Waals surface area contributed by atoms with Gasteiger partial charge in [-0.15, -0.1) is 0 Å². The zero-order valence-corrected chi connectivity index (χ0v) is 13.9. The second kappa shape index (κ2) is 7.19. The second-order valence-electron chi connectivity index (χ2n) is 4.17. The summed E-state index contributed by atoms with van der Waals surface area (Å²) in [5, 5.41) is 8.00. The Balaban J connectivity index is 1.94. The van der Waals surface area contributed by atoms with Crippen molar-refractivity contribution in [3.63, 3.8) is 0 Å². The first-order chi connectivity index (χ1) is 10.5. The smallest absolute Gasteiger partial charge is 0.293 e. The molecule has 0 bridgehead atoms. The Kier molecular flexibility index (Phi) is 5.29. The topological polar surface area (TPSA) is 83.4 Å². The van der Waals surface area contributed by atoms with Crippen LogP contribution >= 0.6 is 28.1 Å². The number of halogens is 1. The van der Waals surface area contributed by atoms with E-state index in [2.05, 4.69) is 31.9 Å². The summed E-state index contributed by atoms with van der Waals surface area (Å²) in [5.74, 6) is -0.484. The minimum Gasteiger partial charge on any atom is -0.444 e. The molecular formula is C14H12BrN3O3S. The fourth-order valence-electron chi connectivity index (χ4n) is 1.61. The molecule has 114 valence electrons. The molecule has 1 aromatic heterocycles. The van der Waals surface area contributed by atoms with Gasteiger partial charge in [-0.3, -0.25) is 14.9 Å². The lowest BCUT2D eigenvalue weighted by atomic mass is 10.2. The van der Waals surface area contributed by atoms with Crippen LogP contribution in [0.2, 0.25) is 0 Å². The number of anilines is 1. The highest BCUT2D eigenvalue weighted by molar-refractivity contribution is 9.10. The Hall–Kier alpha value is -2.19. The summed E-state index contributed by atoms with van der Waals surface area (Å²) in [7, 11) is 1.56. The SMILES string of the molecule is CNC(=O)c1ccc(NC(=S)NC(=O)c2ccc(Br)o2)cc1. The average Bonchev–Trinajstić information content (AvgIpc) is 2.94. The molecule has 0 aliphatic heterocycles. The molecule has 0 atom stereocenters. The number of hydrogen-bond acceptors (Lipinski definition) is 4. The van der Waals surface area contributed by atoms with E-state index >= 15 is 0 Å². The van der Waals surface area contributed by atoms with Gasteiger partial charge in [0.05, 0.1) is 0 Å². The molecule has 22 heavy (non-hydrogen) atoms. The van der Waals surface area contributed by atoms with E-state index in [1.54, 1.807) is 37.4 Å². The number of rotatable bonds is 3. The van der Waals surface area contributed by atoms with Crippen LogP contribution in [0.4, 0.5) is 5.69 Å². The van der Waals surface area contributed by atoms with Gasteiger partial charge in [-0.2, -0.15) is 0 Å². The van der Waals surface area contributed by atoms with E-state index in [0.29, 0.717) is 15.9 Å². The van der Waals surface area contributed by atoms with Crippen molar-refractivity contribution < 1.29 is 14.0 Å². The monoisotopic (exact) mass is 381 g/mol. The van der Waals surface area contributed by atoms with Crippen molar-refractivity contribution in [2.75, 3.05) is 12.4 Å². The van der Waals surface area contributed by atoms with Crippen molar-refractivity contribution in [2.45, 2.75) is 0 Å². The van der Waals surface area contributed by atoms with Gasteiger partial charge in [0.1, 0.15) is 0 Å². The summed E-state index contributed by atoms with van der Waals surface area (Å²) in [5.41, 5.74) is 1.18. The molecule has 1 heterocycles. The van der Waals surface area contributed by atoms with Crippen molar-refractivity contribution in [3.8, 4) is 0 Å². The van der Waals surface area contributed by atoms with Crippen LogP contribution < -0.4 is 16.0 Å². The number of benzene rings is 1. The molecule has 0 aliphatic rings. The Morgan fingerprint density at radius 2 is 1.77 bits per heavy atom. The number of furan rings is 1. The number of carbonyl (C=O) groups is 2. The second-order valence-corrected chi connectivity index (χ2v) is 5.36. The largest absolute Gasteiger partial charge is 0.444 e. The molecule has 0 saturated heterocycles. The first kappa shape index (κ1) is 16.2. The molecule has 0 aliphatic carbocycles. The summed E-state index contributed by atoms with van der Waals surface area (Å²) in [6.45, 7) is 0. The van der Waals surface area contributed by atoms with Crippen molar-refractivity contribution in [1.29, 1.82) is 0 Å². The molecule has 0 fully saturated rings. The maximum atomic E-state index is 11.8. The normalized spacial score (nSPS) is 9.91. The van der Waals surface area contributed by atoms with Crippen LogP contribution in [0.15, 0.2) is 45.5 Å². The molecule has 0 unspecified atom stereocenters. The number of carbonyl (C=O) groups excluding carboxylic acids is 2. The number of amides is 2. The highest BCUT2D eigenvalue weighted by Gasteiger charge is 2.12. The van der Waals surface area contributed by atoms with Crippen LogP contribution in [0.5, 0.6) is 0 Å². The highest BCUT2D eigenvalue weighted by atomic mass is 79.9. The third-order valence-electron chi connectivity index (χ3n) is 2.66. The summed E-state index contributed by atoms with van der Waals surface area (Å²) in [4.78, 5) is 23.3. The quantitative estimate of drug-likeness (QED) is 0.711. The maximum Gasteiger partial charge on any atom is 0.293 e. The van der Waals surface area contributed by atoms with Gasteiger partial charge in [-0.25, -0.2) is 0 Å². The first-order valence-corrected chi connectivity index (χ1v) is 7.39. The van der Waals surface area contributed by atoms with Gasteiger partial charge in [0.25, 0.3) is 11.8 Å². The fourth-order valence-corrected chi connectivity index (χ4v) is 2.13. The molecule has 0 radical (unpaired) electrons. The zero-order valence-electron chi connectivity index (χ0n) is 11.5. The number of hydrogen-bond donors (Lipinski definition) is 3. The summed E-state index contributed by atoms with van der Waals surface area (Å²) in [6.07, 6.45) is 0. The Morgan fingerprint density at radius 3 is 2.32 bits per heavy atom. The van der Waals surface area contributed by atoms with Crippen LogP contribution in [0.1, 0.15) is 20.9 Å². The Bertz CT molecular complexity index is 712. The lowest BCUT2D eigenvalue weighted by Crippen LogP contribution is -2.33. The van der Waals surface area contributed by atoms with Crippen molar-refractivity contribution in [3.05, 3.63) is 52.4 Å². The van der Waals surface area contributed by atoms with Crippen LogP contribution in [-0.4, -0.2) is 24.0 Å². The van der Waals surface area contributed by atoms with Gasteiger partial charge in [-0.05, 0) is 64.5 Å². The molecule has 8 heteroatoms. The zero-order chi connectivity index (χ0) is 16.1. The molecule has 6 nitrogen and oxygen atoms in total. The summed E-state index contributed by atoms with van der Waals surface area (Å²) < 4.78 is 5.58. The molecule has 2 aromatic rings. The third kappa shape index (κ3) is 4.15. The molecular weight excluding hydrogens is 370 g/mol. The van der Waals surface area contributed by atoms with Crippen LogP contribution in [0.3, 0.4) is 0 Å². The van der Waals surface area contributed by atoms with E-state index in [1.807, 2.05) is 0 Å². The third-order valence-corrected chi connectivity index (χ3v) is 3.29. The van der Waals surface area contributed by atoms with Gasteiger partial charge in [-0.1, -0.05) is 0 Å². The van der Waals surface area contributed by atoms with E-state index in [0.717, 1.165) is 0 Å². The minimum absolute atomic E-state index is 0.130. The van der Waals surface area contributed by atoms with E-state index in [9.17, 15) is 9.59 Å². The van der Waals surface area contributed by atoms with E-state index in [1.165, 1.54) is 6.07 Å². The highest BCUT2D eigenvalue weighted by Crippen LogP contribution is 2.14. The van der Waals surface area contributed by atoms with Crippen LogP contribution in [0.25, 0.3) is 0 Å². The van der Waals surface area contributed by atoms with Gasteiger partial charge >= 0.3 is 0 Å². The standard InChI is InChI=1S/C14H12BrN3O3S/c1-16-12(19)8-2-4-9(5-3-8)17-14(22)18-13(20)10-6-7-11(15)21-10/h2-7H,1H3,(H,16,19)(H2,17,18,20,22). The number of nitrogens with one attached hydrogen (secondary N) is 3. The fraction of sp³-hybridized carbons (Fsp3) is 0.0714. The average molecular weight is 382 g/mol. The van der Waals surface area contributed by atoms with Crippen LogP contribution in [0, 0.1) is 0 Å². The Labute approximate surface area is 140 Å². The first-order valence-electron chi connectivity index (χ1n) is 6.19. The van der Waals surface area contributed by atoms with Gasteiger partial charge in [0.15, 0.2) is 15.5 Å². The molecule has 2 rings (SSSR count). The molecule has 3 N–H and O–H groups in total. The van der Waals surface area contributed by atoms with Gasteiger partial charge in [0, 0.05) is 18.3 Å². The molecule has 0 spiro atoms. The number of thiocarbonyl (C=S) groups is 1. The summed E-state index contributed by atoms with van der Waals surface area (Å²) >= 11 is 8.17. The van der Waals surface area contributed by atoms with Crippen molar-refractivity contribution >= 4 is 50.8 Å². The lowest BCUT2D eigenvalue weighted by molar-refractivity contribution is 0.0946. The maximum absolute atomic E-state index is 11.8. The van der Waals surface area contributed by atoms with E-state index < -0.39 is 5.91 Å². The molecule has 2 amide bonds. The van der Waals surface area contributed by atoms with Crippen LogP contribution in [-0.2, 0) is 0 Å². The van der Waals surface area contributed by atoms with E-state index in [4.69, 9.17) is 16.6 Å².